The molecule has 0 aliphatic rings. The number of aliphatic carboxylic acids is 1. The summed E-state index contributed by atoms with van der Waals surface area (Å²) < 4.78 is 41.7. The molecule has 0 aliphatic carbocycles. The van der Waals surface area contributed by atoms with Crippen LogP contribution in [-0.2, 0) is 34.0 Å². The van der Waals surface area contributed by atoms with E-state index in [9.17, 15) is 27.4 Å². The molecule has 0 rings (SSSR count). The van der Waals surface area contributed by atoms with Crippen LogP contribution in [-0.4, -0.2) is 47.5 Å². The highest BCUT2D eigenvalue weighted by molar-refractivity contribution is 7.88. The summed E-state index contributed by atoms with van der Waals surface area (Å²) in [5.74, 6) is -4.46. The molecule has 2 N–H and O–H groups in total. The first-order valence-corrected chi connectivity index (χ1v) is 11.1. The summed E-state index contributed by atoms with van der Waals surface area (Å²) in [6, 6.07) is 0. The molecular weight excluding hydrogens is 392 g/mol. The van der Waals surface area contributed by atoms with E-state index in [0.717, 1.165) is 25.7 Å². The number of ether oxygens (including phenoxy) is 2. The molecule has 0 saturated heterocycles. The SMILES string of the molecule is CCCCCCCCCCCC(=O)OC(=O)C(CC(=O)O)(OCC)S(=O)(=O)O. The maximum absolute atomic E-state index is 12.1. The summed E-state index contributed by atoms with van der Waals surface area (Å²) in [6.45, 7) is 3.06. The minimum atomic E-state index is -5.30. The molecule has 0 spiro atoms. The first kappa shape index (κ1) is 26.5. The maximum atomic E-state index is 12.1. The molecule has 10 heteroatoms. The second kappa shape index (κ2) is 13.6. The fourth-order valence-electron chi connectivity index (χ4n) is 2.70. The van der Waals surface area contributed by atoms with Crippen LogP contribution in [0.25, 0.3) is 0 Å². The zero-order chi connectivity index (χ0) is 21.6. The Morgan fingerprint density at radius 1 is 0.893 bits per heavy atom. The molecule has 0 radical (unpaired) electrons. The maximum Gasteiger partial charge on any atom is 0.365 e. The Morgan fingerprint density at radius 2 is 1.39 bits per heavy atom. The van der Waals surface area contributed by atoms with E-state index in [1.54, 1.807) is 0 Å². The Bertz CT molecular complexity index is 600. The van der Waals surface area contributed by atoms with Crippen molar-refractivity contribution in [3.8, 4) is 0 Å². The second-order valence-corrected chi connectivity index (χ2v) is 8.18. The van der Waals surface area contributed by atoms with Gasteiger partial charge in [-0.25, -0.2) is 4.79 Å². The number of carboxylic acid groups (broad SMARTS) is 1. The highest BCUT2D eigenvalue weighted by Gasteiger charge is 2.55. The third-order valence-corrected chi connectivity index (χ3v) is 5.44. The van der Waals surface area contributed by atoms with Gasteiger partial charge in [0.15, 0.2) is 0 Å². The molecule has 9 nitrogen and oxygen atoms in total. The Kier molecular flexibility index (Phi) is 12.9. The lowest BCUT2D eigenvalue weighted by molar-refractivity contribution is -0.174. The number of carbonyl (C=O) groups excluding carboxylic acids is 2. The molecule has 0 aromatic heterocycles. The number of carbonyl (C=O) groups is 3. The number of unbranched alkanes of at least 4 members (excludes halogenated alkanes) is 8. The fraction of sp³-hybridized carbons (Fsp3) is 0.833. The van der Waals surface area contributed by atoms with Gasteiger partial charge in [-0.1, -0.05) is 58.3 Å². The van der Waals surface area contributed by atoms with Gasteiger partial charge < -0.3 is 14.6 Å². The summed E-state index contributed by atoms with van der Waals surface area (Å²) >= 11 is 0. The zero-order valence-corrected chi connectivity index (χ0v) is 17.5. The van der Waals surface area contributed by atoms with Crippen LogP contribution >= 0.6 is 0 Å². The quantitative estimate of drug-likeness (QED) is 0.165. The van der Waals surface area contributed by atoms with E-state index in [1.165, 1.54) is 32.6 Å². The minimum Gasteiger partial charge on any atom is -0.481 e. The third-order valence-electron chi connectivity index (χ3n) is 4.18. The monoisotopic (exact) mass is 424 g/mol. The molecule has 0 amide bonds. The summed E-state index contributed by atoms with van der Waals surface area (Å²) in [4.78, 5) is 31.7. The van der Waals surface area contributed by atoms with E-state index < -0.39 is 46.0 Å². The topological polar surface area (TPSA) is 144 Å². The van der Waals surface area contributed by atoms with Gasteiger partial charge in [0, 0.05) is 13.0 Å². The smallest absolute Gasteiger partial charge is 0.365 e. The number of carboxylic acids is 1. The van der Waals surface area contributed by atoms with Gasteiger partial charge in [-0.15, -0.1) is 0 Å². The zero-order valence-electron chi connectivity index (χ0n) is 16.6. The van der Waals surface area contributed by atoms with Crippen LogP contribution < -0.4 is 0 Å². The highest BCUT2D eigenvalue weighted by atomic mass is 32.2. The first-order chi connectivity index (χ1) is 13.1. The van der Waals surface area contributed by atoms with Crippen LogP contribution in [0.15, 0.2) is 0 Å². The molecule has 0 aromatic carbocycles. The second-order valence-electron chi connectivity index (χ2n) is 6.57. The lowest BCUT2D eigenvalue weighted by Crippen LogP contribution is -2.52. The van der Waals surface area contributed by atoms with Crippen molar-refractivity contribution in [3.63, 3.8) is 0 Å². The van der Waals surface area contributed by atoms with Crippen molar-refractivity contribution in [1.82, 2.24) is 0 Å². The average Bonchev–Trinajstić information content (AvgIpc) is 2.58. The number of hydrogen-bond acceptors (Lipinski definition) is 7. The number of hydrogen-bond donors (Lipinski definition) is 2. The van der Waals surface area contributed by atoms with Crippen molar-refractivity contribution in [1.29, 1.82) is 0 Å². The van der Waals surface area contributed by atoms with Crippen LogP contribution in [0, 0.1) is 0 Å². The summed E-state index contributed by atoms with van der Waals surface area (Å²) in [6.07, 6.45) is 7.63. The van der Waals surface area contributed by atoms with Crippen molar-refractivity contribution >= 4 is 28.0 Å². The van der Waals surface area contributed by atoms with Crippen LogP contribution in [0.3, 0.4) is 0 Å². The van der Waals surface area contributed by atoms with E-state index in [-0.39, 0.29) is 6.42 Å². The Labute approximate surface area is 166 Å². The Hall–Kier alpha value is -1.52. The van der Waals surface area contributed by atoms with Gasteiger partial charge in [0.05, 0.1) is 0 Å². The summed E-state index contributed by atoms with van der Waals surface area (Å²) in [5, 5.41) is 8.87. The van der Waals surface area contributed by atoms with Gasteiger partial charge >= 0.3 is 33.0 Å². The van der Waals surface area contributed by atoms with E-state index in [4.69, 9.17) is 9.84 Å². The lowest BCUT2D eigenvalue weighted by Gasteiger charge is -2.25. The molecule has 0 bridgehead atoms. The predicted octanol–water partition coefficient (Wildman–Crippen LogP) is 3.07. The molecule has 0 saturated carbocycles. The largest absolute Gasteiger partial charge is 0.481 e. The summed E-state index contributed by atoms with van der Waals surface area (Å²) in [5.41, 5.74) is 0. The van der Waals surface area contributed by atoms with E-state index in [2.05, 4.69) is 11.7 Å². The van der Waals surface area contributed by atoms with Crippen molar-refractivity contribution in [2.75, 3.05) is 6.61 Å². The molecule has 0 aliphatic heterocycles. The molecule has 1 unspecified atom stereocenters. The van der Waals surface area contributed by atoms with Gasteiger partial charge in [0.25, 0.3) is 0 Å². The summed E-state index contributed by atoms with van der Waals surface area (Å²) in [7, 11) is -5.30. The average molecular weight is 425 g/mol. The van der Waals surface area contributed by atoms with E-state index in [1.807, 2.05) is 0 Å². The van der Waals surface area contributed by atoms with Crippen molar-refractivity contribution in [3.05, 3.63) is 0 Å². The van der Waals surface area contributed by atoms with Gasteiger partial charge in [0.1, 0.15) is 6.42 Å². The standard InChI is InChI=1S/C18H32O9S/c1-3-5-6-7-8-9-10-11-12-13-16(21)27-17(22)18(26-4-2,14-15(19)20)28(23,24)25/h3-14H2,1-2H3,(H,19,20)(H,23,24,25). The van der Waals surface area contributed by atoms with Gasteiger partial charge in [0.2, 0.25) is 0 Å². The van der Waals surface area contributed by atoms with Crippen molar-refractivity contribution < 1.29 is 41.9 Å². The first-order valence-electron chi connectivity index (χ1n) is 9.68. The van der Waals surface area contributed by atoms with Crippen LogP contribution in [0.5, 0.6) is 0 Å². The third kappa shape index (κ3) is 9.61. The number of esters is 2. The van der Waals surface area contributed by atoms with E-state index in [0.29, 0.717) is 6.42 Å². The van der Waals surface area contributed by atoms with Crippen LogP contribution in [0.1, 0.15) is 84.5 Å². The van der Waals surface area contributed by atoms with Gasteiger partial charge in [-0.2, -0.15) is 8.42 Å². The normalized spacial score (nSPS) is 13.7. The lowest BCUT2D eigenvalue weighted by atomic mass is 10.1. The predicted molar refractivity (Wildman–Crippen MR) is 101 cm³/mol. The van der Waals surface area contributed by atoms with Crippen LogP contribution in [0.4, 0.5) is 0 Å². The minimum absolute atomic E-state index is 0.123. The Balaban J connectivity index is 4.51. The molecule has 0 heterocycles. The molecule has 0 fully saturated rings. The molecule has 164 valence electrons. The van der Waals surface area contributed by atoms with Gasteiger partial charge in [-0.05, 0) is 13.3 Å². The Morgan fingerprint density at radius 3 is 1.82 bits per heavy atom. The van der Waals surface area contributed by atoms with Crippen molar-refractivity contribution in [2.45, 2.75) is 89.4 Å². The number of rotatable bonds is 16. The molecule has 28 heavy (non-hydrogen) atoms. The van der Waals surface area contributed by atoms with E-state index >= 15 is 0 Å². The molecule has 0 aromatic rings. The highest BCUT2D eigenvalue weighted by Crippen LogP contribution is 2.26. The molecule has 1 atom stereocenters. The van der Waals surface area contributed by atoms with Gasteiger partial charge in [-0.3, -0.25) is 14.1 Å². The van der Waals surface area contributed by atoms with Crippen LogP contribution in [0.2, 0.25) is 0 Å². The molecular formula is C18H32O9S. The van der Waals surface area contributed by atoms with Crippen molar-refractivity contribution in [2.24, 2.45) is 0 Å². The fourth-order valence-corrected chi connectivity index (χ4v) is 3.52.